The van der Waals surface area contributed by atoms with E-state index >= 15 is 0 Å². The summed E-state index contributed by atoms with van der Waals surface area (Å²) in [7, 11) is 0. The highest BCUT2D eigenvalue weighted by Crippen LogP contribution is 2.46. The predicted octanol–water partition coefficient (Wildman–Crippen LogP) is 2.14. The van der Waals surface area contributed by atoms with Crippen molar-refractivity contribution in [2.24, 2.45) is 11.3 Å². The molecule has 3 atom stereocenters. The molecule has 0 aliphatic carbocycles. The summed E-state index contributed by atoms with van der Waals surface area (Å²) in [5, 5.41) is 0.750. The van der Waals surface area contributed by atoms with Crippen molar-refractivity contribution in [2.45, 2.75) is 39.5 Å². The number of hydrogen-bond acceptors (Lipinski definition) is 6. The first-order valence-corrected chi connectivity index (χ1v) is 8.22. The van der Waals surface area contributed by atoms with Gasteiger partial charge in [-0.25, -0.2) is 9.97 Å². The molecule has 0 bridgehead atoms. The van der Waals surface area contributed by atoms with E-state index in [0.29, 0.717) is 17.9 Å². The van der Waals surface area contributed by atoms with Crippen LogP contribution in [0, 0.1) is 23.7 Å². The molecule has 2 aromatic rings. The summed E-state index contributed by atoms with van der Waals surface area (Å²) in [6.07, 6.45) is 8.94. The van der Waals surface area contributed by atoms with Crippen LogP contribution in [0.4, 0.5) is 5.82 Å². The minimum Gasteiger partial charge on any atom is -0.463 e. The Kier molecular flexibility index (Phi) is 4.39. The Bertz CT molecular complexity index is 838. The molecule has 7 heteroatoms. The van der Waals surface area contributed by atoms with Gasteiger partial charge in [0.15, 0.2) is 6.23 Å². The topological polar surface area (TPSA) is 92.3 Å². The molecule has 0 aromatic carbocycles. The van der Waals surface area contributed by atoms with Crippen LogP contribution >= 0.6 is 0 Å². The predicted molar refractivity (Wildman–Crippen MR) is 93.2 cm³/mol. The van der Waals surface area contributed by atoms with Gasteiger partial charge in [0.1, 0.15) is 24.4 Å². The number of rotatable bonds is 4. The summed E-state index contributed by atoms with van der Waals surface area (Å²) in [5.74, 6) is 2.82. The summed E-state index contributed by atoms with van der Waals surface area (Å²) in [4.78, 5) is 20.0. The molecular formula is C18H22N4O3. The third-order valence-electron chi connectivity index (χ3n) is 4.52. The molecule has 0 saturated carbocycles. The lowest BCUT2D eigenvalue weighted by Gasteiger charge is -2.25. The summed E-state index contributed by atoms with van der Waals surface area (Å²) in [6.45, 7) is 5.73. The second-order valence-corrected chi connectivity index (χ2v) is 6.88. The molecule has 3 heterocycles. The van der Waals surface area contributed by atoms with Gasteiger partial charge in [-0.05, 0) is 19.4 Å². The number of carbonyl (C=O) groups excluding carboxylic acids is 1. The molecule has 0 radical (unpaired) electrons. The molecule has 2 aromatic heterocycles. The molecule has 2 N–H and O–H groups in total. The first-order chi connectivity index (χ1) is 11.9. The van der Waals surface area contributed by atoms with Gasteiger partial charge in [-0.15, -0.1) is 6.42 Å². The SMILES string of the molecule is C#C[C@@]1(C)C[C@@H](COC(=O)C(C)C)O[C@H]1n1ccc2c(N)ncnc21. The van der Waals surface area contributed by atoms with Crippen LogP contribution in [0.1, 0.15) is 33.4 Å². The van der Waals surface area contributed by atoms with Crippen molar-refractivity contribution in [1.82, 2.24) is 14.5 Å². The van der Waals surface area contributed by atoms with E-state index in [-0.39, 0.29) is 24.6 Å². The van der Waals surface area contributed by atoms with Crippen molar-refractivity contribution in [3.8, 4) is 12.3 Å². The first-order valence-electron chi connectivity index (χ1n) is 8.22. The van der Waals surface area contributed by atoms with E-state index in [2.05, 4.69) is 15.9 Å². The average molecular weight is 342 g/mol. The minimum atomic E-state index is -0.555. The van der Waals surface area contributed by atoms with E-state index in [1.165, 1.54) is 6.33 Å². The van der Waals surface area contributed by atoms with Crippen LogP contribution in [0.25, 0.3) is 11.0 Å². The van der Waals surface area contributed by atoms with Crippen LogP contribution in [0.5, 0.6) is 0 Å². The van der Waals surface area contributed by atoms with Gasteiger partial charge < -0.3 is 19.8 Å². The van der Waals surface area contributed by atoms with Gasteiger partial charge in [0, 0.05) is 6.20 Å². The molecule has 0 unspecified atom stereocenters. The molecule has 1 fully saturated rings. The number of esters is 1. The lowest BCUT2D eigenvalue weighted by atomic mass is 9.86. The minimum absolute atomic E-state index is 0.177. The first kappa shape index (κ1) is 17.2. The number of ether oxygens (including phenoxy) is 2. The molecule has 3 rings (SSSR count). The van der Waals surface area contributed by atoms with Crippen molar-refractivity contribution in [2.75, 3.05) is 12.3 Å². The van der Waals surface area contributed by atoms with Crippen LogP contribution in [0.2, 0.25) is 0 Å². The largest absolute Gasteiger partial charge is 0.463 e. The molecule has 1 aliphatic rings. The average Bonchev–Trinajstić information content (AvgIpc) is 3.15. The van der Waals surface area contributed by atoms with Crippen LogP contribution in [0.15, 0.2) is 18.6 Å². The number of anilines is 1. The highest BCUT2D eigenvalue weighted by Gasteiger charge is 2.46. The highest BCUT2D eigenvalue weighted by molar-refractivity contribution is 5.86. The number of nitrogens with two attached hydrogens (primary N) is 1. The van der Waals surface area contributed by atoms with Crippen molar-refractivity contribution >= 4 is 22.8 Å². The number of aromatic nitrogens is 3. The molecule has 1 saturated heterocycles. The summed E-state index contributed by atoms with van der Waals surface area (Å²) in [6, 6.07) is 1.84. The van der Waals surface area contributed by atoms with E-state index < -0.39 is 11.6 Å². The monoisotopic (exact) mass is 342 g/mol. The van der Waals surface area contributed by atoms with Gasteiger partial charge >= 0.3 is 5.97 Å². The molecule has 7 nitrogen and oxygen atoms in total. The van der Waals surface area contributed by atoms with E-state index in [9.17, 15) is 4.79 Å². The molecule has 0 amide bonds. The molecule has 132 valence electrons. The lowest BCUT2D eigenvalue weighted by molar-refractivity contribution is -0.152. The van der Waals surface area contributed by atoms with Gasteiger partial charge in [0.25, 0.3) is 0 Å². The second kappa shape index (κ2) is 6.37. The summed E-state index contributed by atoms with van der Waals surface area (Å²) >= 11 is 0. The van der Waals surface area contributed by atoms with Crippen LogP contribution in [-0.4, -0.2) is 33.2 Å². The number of terminal acetylenes is 1. The lowest BCUT2D eigenvalue weighted by Crippen LogP contribution is -2.23. The Labute approximate surface area is 146 Å². The maximum atomic E-state index is 11.7. The van der Waals surface area contributed by atoms with E-state index in [1.807, 2.05) is 23.8 Å². The zero-order chi connectivity index (χ0) is 18.2. The van der Waals surface area contributed by atoms with Gasteiger partial charge in [-0.3, -0.25) is 4.79 Å². The van der Waals surface area contributed by atoms with Gasteiger partial charge in [-0.2, -0.15) is 0 Å². The van der Waals surface area contributed by atoms with Gasteiger partial charge in [0.05, 0.1) is 22.8 Å². The van der Waals surface area contributed by atoms with Crippen molar-refractivity contribution in [3.63, 3.8) is 0 Å². The summed E-state index contributed by atoms with van der Waals surface area (Å²) in [5.41, 5.74) is 6.01. The normalized spacial score (nSPS) is 26.0. The molecule has 1 aliphatic heterocycles. The fourth-order valence-corrected chi connectivity index (χ4v) is 3.08. The highest BCUT2D eigenvalue weighted by atomic mass is 16.6. The van der Waals surface area contributed by atoms with Gasteiger partial charge in [0.2, 0.25) is 0 Å². The third-order valence-corrected chi connectivity index (χ3v) is 4.52. The Morgan fingerprint density at radius 3 is 3.04 bits per heavy atom. The smallest absolute Gasteiger partial charge is 0.308 e. The zero-order valence-electron chi connectivity index (χ0n) is 14.6. The van der Waals surface area contributed by atoms with E-state index in [0.717, 1.165) is 5.39 Å². The fourth-order valence-electron chi connectivity index (χ4n) is 3.08. The maximum absolute atomic E-state index is 11.7. The second-order valence-electron chi connectivity index (χ2n) is 6.88. The van der Waals surface area contributed by atoms with Crippen molar-refractivity contribution in [3.05, 3.63) is 18.6 Å². The zero-order valence-corrected chi connectivity index (χ0v) is 14.6. The van der Waals surface area contributed by atoms with Crippen LogP contribution < -0.4 is 5.73 Å². The Morgan fingerprint density at radius 1 is 1.60 bits per heavy atom. The van der Waals surface area contributed by atoms with E-state index in [1.54, 1.807) is 13.8 Å². The van der Waals surface area contributed by atoms with Crippen molar-refractivity contribution < 1.29 is 14.3 Å². The number of nitrogen functional groups attached to an aromatic ring is 1. The van der Waals surface area contributed by atoms with Crippen molar-refractivity contribution in [1.29, 1.82) is 0 Å². The number of nitrogens with zero attached hydrogens (tertiary/aromatic N) is 3. The van der Waals surface area contributed by atoms with Crippen LogP contribution in [0.3, 0.4) is 0 Å². The van der Waals surface area contributed by atoms with E-state index in [4.69, 9.17) is 21.6 Å². The molecular weight excluding hydrogens is 320 g/mol. The Morgan fingerprint density at radius 2 is 2.36 bits per heavy atom. The van der Waals surface area contributed by atoms with Crippen LogP contribution in [-0.2, 0) is 14.3 Å². The Balaban J connectivity index is 1.86. The fraction of sp³-hybridized carbons (Fsp3) is 0.500. The molecule has 0 spiro atoms. The quantitative estimate of drug-likeness (QED) is 0.676. The number of hydrogen-bond donors (Lipinski definition) is 1. The third kappa shape index (κ3) is 3.05. The van der Waals surface area contributed by atoms with Gasteiger partial charge in [-0.1, -0.05) is 19.8 Å². The number of fused-ring (bicyclic) bond motifs is 1. The number of carbonyl (C=O) groups is 1. The summed E-state index contributed by atoms with van der Waals surface area (Å²) < 4.78 is 13.3. The standard InChI is InChI=1S/C18H22N4O3/c1-5-18(4)8-12(9-24-16(23)11(2)3)25-17(18)22-7-6-13-14(19)20-10-21-15(13)22/h1,6-7,10-12,17H,8-9H2,2-4H3,(H2,19,20,21)/t12-,17+,18-/m0/s1. The maximum Gasteiger partial charge on any atom is 0.308 e. The molecule has 25 heavy (non-hydrogen) atoms. The Hall–Kier alpha value is -2.59.